The zero-order valence-electron chi connectivity index (χ0n) is 19.4. The summed E-state index contributed by atoms with van der Waals surface area (Å²) in [4.78, 5) is 37.5. The van der Waals surface area contributed by atoms with Gasteiger partial charge in [0.25, 0.3) is 0 Å². The van der Waals surface area contributed by atoms with Crippen LogP contribution in [0.3, 0.4) is 0 Å². The van der Waals surface area contributed by atoms with E-state index in [4.69, 9.17) is 9.84 Å². The van der Waals surface area contributed by atoms with Gasteiger partial charge in [0.2, 0.25) is 0 Å². The molecule has 2 N–H and O–H groups in total. The number of carbonyl (C=O) groups is 3. The highest BCUT2D eigenvalue weighted by molar-refractivity contribution is 6.40. The van der Waals surface area contributed by atoms with E-state index >= 15 is 0 Å². The van der Waals surface area contributed by atoms with Gasteiger partial charge in [-0.25, -0.2) is 0 Å². The van der Waals surface area contributed by atoms with Gasteiger partial charge in [-0.1, -0.05) is 37.3 Å². The van der Waals surface area contributed by atoms with Crippen molar-refractivity contribution < 1.29 is 24.2 Å². The first-order valence-electron chi connectivity index (χ1n) is 12.2. The number of ether oxygens (including phenoxy) is 1. The number of carboxylic acid groups (broad SMARTS) is 1. The molecule has 2 aliphatic heterocycles. The maximum atomic E-state index is 12.8. The largest absolute Gasteiger partial charge is 0.481 e. The van der Waals surface area contributed by atoms with Crippen molar-refractivity contribution in [3.05, 3.63) is 42.5 Å². The van der Waals surface area contributed by atoms with Crippen LogP contribution in [0.25, 0.3) is 0 Å². The quantitative estimate of drug-likeness (QED) is 0.282. The molecular formula is C26H36N2O5. The fourth-order valence-corrected chi connectivity index (χ4v) is 5.07. The SMILES string of the molecule is CCCN(C(=O)C(=O)NCC[C@H]1[C@@H](C/C=C\CCCC(=O)O)[C@H]2CC[C@@H]1O2)c1ccccc1. The van der Waals surface area contributed by atoms with E-state index in [1.165, 1.54) is 4.90 Å². The standard InChI is InChI=1S/C26H36N2O5/c1-2-18-28(19-10-6-5-7-11-19)26(32)25(31)27-17-16-21-20(22-14-15-23(21)33-22)12-8-3-4-9-13-24(29)30/h3,5-8,10-11,20-23H,2,4,9,12-18H2,1H3,(H,27,31)(H,29,30)/b8-3-/t20-,21+,22-,23+/m1/s1. The van der Waals surface area contributed by atoms with Crippen LogP contribution in [0, 0.1) is 11.8 Å². The van der Waals surface area contributed by atoms with Crippen molar-refractivity contribution in [3.63, 3.8) is 0 Å². The van der Waals surface area contributed by atoms with Crippen LogP contribution in [-0.4, -0.2) is 48.2 Å². The number of nitrogens with zero attached hydrogens (tertiary/aromatic N) is 1. The maximum absolute atomic E-state index is 12.8. The first kappa shape index (κ1) is 25.0. The summed E-state index contributed by atoms with van der Waals surface area (Å²) in [7, 11) is 0. The highest BCUT2D eigenvalue weighted by Crippen LogP contribution is 2.46. The molecule has 2 bridgehead atoms. The number of para-hydroxylation sites is 1. The van der Waals surface area contributed by atoms with Gasteiger partial charge in [-0.15, -0.1) is 0 Å². The number of allylic oxidation sites excluding steroid dienone is 2. The third-order valence-corrected chi connectivity index (χ3v) is 6.64. The van der Waals surface area contributed by atoms with Crippen molar-refractivity contribution in [2.75, 3.05) is 18.0 Å². The molecule has 2 amide bonds. The smallest absolute Gasteiger partial charge is 0.316 e. The molecule has 1 aromatic rings. The number of unbranched alkanes of at least 4 members (excludes halogenated alkanes) is 1. The van der Waals surface area contributed by atoms with E-state index in [0.29, 0.717) is 31.3 Å². The van der Waals surface area contributed by atoms with Gasteiger partial charge in [-0.2, -0.15) is 0 Å². The number of hydrogen-bond acceptors (Lipinski definition) is 4. The number of benzene rings is 1. The fraction of sp³-hybridized carbons (Fsp3) is 0.577. The van der Waals surface area contributed by atoms with E-state index in [-0.39, 0.29) is 18.6 Å². The average molecular weight is 457 g/mol. The van der Waals surface area contributed by atoms with Crippen molar-refractivity contribution >= 4 is 23.5 Å². The first-order chi connectivity index (χ1) is 16.0. The highest BCUT2D eigenvalue weighted by atomic mass is 16.5. The molecule has 180 valence electrons. The third kappa shape index (κ3) is 6.90. The lowest BCUT2D eigenvalue weighted by Crippen LogP contribution is -2.44. The molecule has 0 radical (unpaired) electrons. The molecule has 0 aliphatic carbocycles. The van der Waals surface area contributed by atoms with Crippen LogP contribution in [0.4, 0.5) is 5.69 Å². The van der Waals surface area contributed by atoms with E-state index in [1.54, 1.807) is 0 Å². The number of anilines is 1. The number of carboxylic acids is 1. The predicted molar refractivity (Wildman–Crippen MR) is 127 cm³/mol. The monoisotopic (exact) mass is 456 g/mol. The van der Waals surface area contributed by atoms with Crippen LogP contribution in [0.1, 0.15) is 58.3 Å². The van der Waals surface area contributed by atoms with Crippen molar-refractivity contribution in [2.24, 2.45) is 11.8 Å². The molecule has 0 unspecified atom stereocenters. The first-order valence-corrected chi connectivity index (χ1v) is 12.2. The third-order valence-electron chi connectivity index (χ3n) is 6.64. The topological polar surface area (TPSA) is 95.9 Å². The van der Waals surface area contributed by atoms with Crippen molar-refractivity contribution in [3.8, 4) is 0 Å². The van der Waals surface area contributed by atoms with Gasteiger partial charge in [0.1, 0.15) is 0 Å². The minimum atomic E-state index is -0.757. The number of amides is 2. The Balaban J connectivity index is 1.47. The molecule has 2 saturated heterocycles. The van der Waals surface area contributed by atoms with Gasteiger partial charge < -0.3 is 20.1 Å². The number of hydrogen-bond donors (Lipinski definition) is 2. The normalized spacial score (nSPS) is 23.7. The molecule has 3 rings (SSSR count). The summed E-state index contributed by atoms with van der Waals surface area (Å²) < 4.78 is 6.14. The Kier molecular flexibility index (Phi) is 9.48. The second-order valence-corrected chi connectivity index (χ2v) is 8.95. The number of nitrogens with one attached hydrogen (secondary N) is 1. The maximum Gasteiger partial charge on any atom is 0.316 e. The number of rotatable bonds is 12. The van der Waals surface area contributed by atoms with E-state index in [0.717, 1.165) is 44.2 Å². The number of aliphatic carboxylic acids is 1. The summed E-state index contributed by atoms with van der Waals surface area (Å²) in [5, 5.41) is 11.6. The van der Waals surface area contributed by atoms with Crippen LogP contribution in [-0.2, 0) is 19.1 Å². The van der Waals surface area contributed by atoms with E-state index < -0.39 is 17.8 Å². The summed E-state index contributed by atoms with van der Waals surface area (Å²) >= 11 is 0. The minimum Gasteiger partial charge on any atom is -0.481 e. The predicted octanol–water partition coefficient (Wildman–Crippen LogP) is 3.93. The van der Waals surface area contributed by atoms with Gasteiger partial charge in [0.05, 0.1) is 12.2 Å². The van der Waals surface area contributed by atoms with Gasteiger partial charge >= 0.3 is 17.8 Å². The van der Waals surface area contributed by atoms with Gasteiger partial charge in [0, 0.05) is 25.2 Å². The Morgan fingerprint density at radius 1 is 1.12 bits per heavy atom. The lowest BCUT2D eigenvalue weighted by Gasteiger charge is -2.27. The van der Waals surface area contributed by atoms with Crippen molar-refractivity contribution in [1.29, 1.82) is 0 Å². The second kappa shape index (κ2) is 12.5. The van der Waals surface area contributed by atoms with Crippen LogP contribution in [0.15, 0.2) is 42.5 Å². The molecule has 7 heteroatoms. The van der Waals surface area contributed by atoms with E-state index in [9.17, 15) is 14.4 Å². The summed E-state index contributed by atoms with van der Waals surface area (Å²) in [6, 6.07) is 9.29. The van der Waals surface area contributed by atoms with Crippen LogP contribution in [0.2, 0.25) is 0 Å². The molecule has 0 saturated carbocycles. The number of fused-ring (bicyclic) bond motifs is 2. The molecule has 33 heavy (non-hydrogen) atoms. The van der Waals surface area contributed by atoms with Crippen LogP contribution >= 0.6 is 0 Å². The molecule has 0 spiro atoms. The molecule has 7 nitrogen and oxygen atoms in total. The molecule has 4 atom stereocenters. The van der Waals surface area contributed by atoms with Gasteiger partial charge in [-0.05, 0) is 68.9 Å². The Labute approximate surface area is 196 Å². The molecule has 2 fully saturated rings. The van der Waals surface area contributed by atoms with E-state index in [1.807, 2.05) is 37.3 Å². The zero-order valence-corrected chi connectivity index (χ0v) is 19.4. The molecule has 1 aromatic carbocycles. The van der Waals surface area contributed by atoms with Crippen LogP contribution in [0.5, 0.6) is 0 Å². The Hall–Kier alpha value is -2.67. The summed E-state index contributed by atoms with van der Waals surface area (Å²) in [6.45, 7) is 2.93. The lowest BCUT2D eigenvalue weighted by atomic mass is 9.76. The molecule has 2 heterocycles. The Bertz CT molecular complexity index is 825. The Morgan fingerprint density at radius 2 is 1.85 bits per heavy atom. The van der Waals surface area contributed by atoms with Crippen LogP contribution < -0.4 is 10.2 Å². The lowest BCUT2D eigenvalue weighted by molar-refractivity contribution is -0.137. The summed E-state index contributed by atoms with van der Waals surface area (Å²) in [6.07, 6.45) is 10.9. The van der Waals surface area contributed by atoms with Crippen molar-refractivity contribution in [2.45, 2.75) is 70.5 Å². The van der Waals surface area contributed by atoms with Crippen molar-refractivity contribution in [1.82, 2.24) is 5.32 Å². The highest BCUT2D eigenvalue weighted by Gasteiger charge is 2.47. The van der Waals surface area contributed by atoms with E-state index in [2.05, 4.69) is 17.5 Å². The Morgan fingerprint density at radius 3 is 2.55 bits per heavy atom. The summed E-state index contributed by atoms with van der Waals surface area (Å²) in [5.74, 6) is -1.07. The second-order valence-electron chi connectivity index (χ2n) is 8.95. The number of carbonyl (C=O) groups excluding carboxylic acids is 2. The molecule has 2 aliphatic rings. The summed E-state index contributed by atoms with van der Waals surface area (Å²) in [5.41, 5.74) is 0.733. The molecular weight excluding hydrogens is 420 g/mol. The zero-order chi connectivity index (χ0) is 23.6. The van der Waals surface area contributed by atoms with Gasteiger partial charge in [0.15, 0.2) is 0 Å². The molecule has 0 aromatic heterocycles. The van der Waals surface area contributed by atoms with Gasteiger partial charge in [-0.3, -0.25) is 14.4 Å². The minimum absolute atomic E-state index is 0.197. The fourth-order valence-electron chi connectivity index (χ4n) is 5.07. The average Bonchev–Trinajstić information content (AvgIpc) is 3.42.